The molecule has 15 heavy (non-hydrogen) atoms. The largest absolute Gasteiger partial charge is 0.278 e. The highest BCUT2D eigenvalue weighted by Gasteiger charge is 2.22. The van der Waals surface area contributed by atoms with E-state index < -0.39 is 0 Å². The van der Waals surface area contributed by atoms with Gasteiger partial charge in [-0.3, -0.25) is 5.10 Å². The highest BCUT2D eigenvalue weighted by molar-refractivity contribution is 5.82. The van der Waals surface area contributed by atoms with Gasteiger partial charge in [0.15, 0.2) is 0 Å². The van der Waals surface area contributed by atoms with Gasteiger partial charge in [0, 0.05) is 5.39 Å². The zero-order chi connectivity index (χ0) is 10.9. The van der Waals surface area contributed by atoms with Gasteiger partial charge in [-0.25, -0.2) is 0 Å². The second-order valence-corrected chi connectivity index (χ2v) is 4.77. The molecule has 0 bridgehead atoms. The molecule has 0 saturated carbocycles. The molecule has 0 saturated heterocycles. The number of fused-ring (bicyclic) bond motifs is 1. The average Bonchev–Trinajstić information content (AvgIpc) is 2.64. The van der Waals surface area contributed by atoms with E-state index in [4.69, 9.17) is 0 Å². The maximum atomic E-state index is 4.11. The lowest BCUT2D eigenvalue weighted by Crippen LogP contribution is -2.17. The lowest BCUT2D eigenvalue weighted by Gasteiger charge is -2.25. The normalized spacial score (nSPS) is 12.2. The summed E-state index contributed by atoms with van der Waals surface area (Å²) in [7, 11) is 0. The molecule has 0 amide bonds. The molecule has 1 aromatic carbocycles. The fourth-order valence-corrected chi connectivity index (χ4v) is 2.29. The van der Waals surface area contributed by atoms with Crippen LogP contribution in [-0.2, 0) is 5.41 Å². The topological polar surface area (TPSA) is 28.7 Å². The first-order chi connectivity index (χ1) is 7.15. The van der Waals surface area contributed by atoms with Crippen molar-refractivity contribution in [1.29, 1.82) is 0 Å². The molecule has 0 radical (unpaired) electrons. The lowest BCUT2D eigenvalue weighted by atomic mass is 9.80. The number of nitrogens with zero attached hydrogens (tertiary/aromatic N) is 1. The molecule has 2 rings (SSSR count). The SMILES string of the molecule is CCCC(C)(C)c1cccc2cn[nH]c12. The summed E-state index contributed by atoms with van der Waals surface area (Å²) in [5.41, 5.74) is 2.79. The van der Waals surface area contributed by atoms with Crippen molar-refractivity contribution in [3.63, 3.8) is 0 Å². The van der Waals surface area contributed by atoms with E-state index in [-0.39, 0.29) is 5.41 Å². The first kappa shape index (κ1) is 10.2. The van der Waals surface area contributed by atoms with Crippen molar-refractivity contribution in [3.05, 3.63) is 30.0 Å². The maximum absolute atomic E-state index is 4.11. The van der Waals surface area contributed by atoms with Crippen LogP contribution < -0.4 is 0 Å². The number of hydrogen-bond donors (Lipinski definition) is 1. The summed E-state index contributed by atoms with van der Waals surface area (Å²) in [5.74, 6) is 0. The van der Waals surface area contributed by atoms with Crippen LogP contribution in [0, 0.1) is 0 Å². The molecule has 2 aromatic rings. The van der Waals surface area contributed by atoms with E-state index in [1.54, 1.807) is 0 Å². The van der Waals surface area contributed by atoms with Crippen molar-refractivity contribution in [1.82, 2.24) is 10.2 Å². The Morgan fingerprint density at radius 2 is 2.13 bits per heavy atom. The minimum absolute atomic E-state index is 0.223. The quantitative estimate of drug-likeness (QED) is 0.808. The third kappa shape index (κ3) is 1.76. The van der Waals surface area contributed by atoms with Crippen LogP contribution in [0.1, 0.15) is 39.2 Å². The molecule has 80 valence electrons. The van der Waals surface area contributed by atoms with Crippen molar-refractivity contribution >= 4 is 10.9 Å². The second kappa shape index (κ2) is 3.69. The van der Waals surface area contributed by atoms with Gasteiger partial charge >= 0.3 is 0 Å². The van der Waals surface area contributed by atoms with Gasteiger partial charge in [-0.2, -0.15) is 5.10 Å². The van der Waals surface area contributed by atoms with Crippen molar-refractivity contribution in [3.8, 4) is 0 Å². The van der Waals surface area contributed by atoms with Gasteiger partial charge in [0.25, 0.3) is 0 Å². The third-order valence-corrected chi connectivity index (χ3v) is 3.08. The van der Waals surface area contributed by atoms with E-state index in [2.05, 4.69) is 49.2 Å². The van der Waals surface area contributed by atoms with Crippen LogP contribution in [0.15, 0.2) is 24.4 Å². The summed E-state index contributed by atoms with van der Waals surface area (Å²) in [6.07, 6.45) is 4.30. The van der Waals surface area contributed by atoms with Gasteiger partial charge in [-0.05, 0) is 17.4 Å². The van der Waals surface area contributed by atoms with E-state index in [9.17, 15) is 0 Å². The first-order valence-electron chi connectivity index (χ1n) is 5.58. The number of benzene rings is 1. The van der Waals surface area contributed by atoms with E-state index >= 15 is 0 Å². The molecule has 1 aromatic heterocycles. The van der Waals surface area contributed by atoms with Crippen LogP contribution in [0.4, 0.5) is 0 Å². The fraction of sp³-hybridized carbons (Fsp3) is 0.462. The molecule has 0 aliphatic carbocycles. The summed E-state index contributed by atoms with van der Waals surface area (Å²) in [6.45, 7) is 6.83. The Balaban J connectivity index is 2.55. The Morgan fingerprint density at radius 3 is 2.87 bits per heavy atom. The van der Waals surface area contributed by atoms with Crippen molar-refractivity contribution in [2.75, 3.05) is 0 Å². The predicted octanol–water partition coefficient (Wildman–Crippen LogP) is 3.64. The molecule has 1 N–H and O–H groups in total. The molecule has 2 heteroatoms. The van der Waals surface area contributed by atoms with Crippen LogP contribution in [0.2, 0.25) is 0 Å². The Hall–Kier alpha value is -1.31. The molecule has 0 fully saturated rings. The van der Waals surface area contributed by atoms with Crippen LogP contribution in [-0.4, -0.2) is 10.2 Å². The van der Waals surface area contributed by atoms with E-state index in [1.165, 1.54) is 29.3 Å². The van der Waals surface area contributed by atoms with Crippen molar-refractivity contribution in [2.45, 2.75) is 39.0 Å². The van der Waals surface area contributed by atoms with Gasteiger partial charge in [0.05, 0.1) is 11.7 Å². The van der Waals surface area contributed by atoms with E-state index in [0.717, 1.165) is 0 Å². The predicted molar refractivity (Wildman–Crippen MR) is 64.0 cm³/mol. The molecule has 0 unspecified atom stereocenters. The van der Waals surface area contributed by atoms with Crippen LogP contribution in [0.3, 0.4) is 0 Å². The Morgan fingerprint density at radius 1 is 1.33 bits per heavy atom. The first-order valence-corrected chi connectivity index (χ1v) is 5.58. The van der Waals surface area contributed by atoms with E-state index in [1.807, 2.05) is 6.20 Å². The molecule has 2 nitrogen and oxygen atoms in total. The number of hydrogen-bond acceptors (Lipinski definition) is 1. The minimum atomic E-state index is 0.223. The minimum Gasteiger partial charge on any atom is -0.278 e. The van der Waals surface area contributed by atoms with Crippen molar-refractivity contribution < 1.29 is 0 Å². The average molecular weight is 202 g/mol. The summed E-state index contributed by atoms with van der Waals surface area (Å²) >= 11 is 0. The van der Waals surface area contributed by atoms with E-state index in [0.29, 0.717) is 0 Å². The molecule has 0 atom stereocenters. The highest BCUT2D eigenvalue weighted by atomic mass is 15.1. The van der Waals surface area contributed by atoms with Gasteiger partial charge < -0.3 is 0 Å². The number of nitrogens with one attached hydrogen (secondary N) is 1. The van der Waals surface area contributed by atoms with Gasteiger partial charge in [0.2, 0.25) is 0 Å². The smallest absolute Gasteiger partial charge is 0.0687 e. The van der Waals surface area contributed by atoms with Crippen LogP contribution in [0.25, 0.3) is 10.9 Å². The molecular formula is C13H18N2. The third-order valence-electron chi connectivity index (χ3n) is 3.08. The molecule has 0 aliphatic heterocycles. The lowest BCUT2D eigenvalue weighted by molar-refractivity contribution is 0.476. The van der Waals surface area contributed by atoms with Gasteiger partial charge in [0.1, 0.15) is 0 Å². The number of para-hydroxylation sites is 1. The second-order valence-electron chi connectivity index (χ2n) is 4.77. The monoisotopic (exact) mass is 202 g/mol. The Kier molecular flexibility index (Phi) is 2.51. The highest BCUT2D eigenvalue weighted by Crippen LogP contribution is 2.32. The zero-order valence-electron chi connectivity index (χ0n) is 9.67. The summed E-state index contributed by atoms with van der Waals surface area (Å²) in [5, 5.41) is 8.42. The summed E-state index contributed by atoms with van der Waals surface area (Å²) in [4.78, 5) is 0. The Labute approximate surface area is 90.7 Å². The zero-order valence-corrected chi connectivity index (χ0v) is 9.67. The number of aromatic amines is 1. The number of aromatic nitrogens is 2. The van der Waals surface area contributed by atoms with Crippen LogP contribution >= 0.6 is 0 Å². The molecule has 0 spiro atoms. The van der Waals surface area contributed by atoms with Gasteiger partial charge in [-0.1, -0.05) is 45.4 Å². The summed E-state index contributed by atoms with van der Waals surface area (Å²) < 4.78 is 0. The van der Waals surface area contributed by atoms with Crippen molar-refractivity contribution in [2.24, 2.45) is 0 Å². The fourth-order valence-electron chi connectivity index (χ4n) is 2.29. The summed E-state index contributed by atoms with van der Waals surface area (Å²) in [6, 6.07) is 6.42. The standard InChI is InChI=1S/C13H18N2/c1-4-8-13(2,3)11-7-5-6-10-9-14-15-12(10)11/h5-7,9H,4,8H2,1-3H3,(H,14,15). The Bertz CT molecular complexity index is 454. The number of H-pyrrole nitrogens is 1. The van der Waals surface area contributed by atoms with Crippen LogP contribution in [0.5, 0.6) is 0 Å². The molecular weight excluding hydrogens is 184 g/mol. The van der Waals surface area contributed by atoms with Gasteiger partial charge in [-0.15, -0.1) is 0 Å². The maximum Gasteiger partial charge on any atom is 0.0687 e. The number of rotatable bonds is 3. The molecule has 0 aliphatic rings. The molecule has 1 heterocycles.